The van der Waals surface area contributed by atoms with E-state index in [1.54, 1.807) is 0 Å². The van der Waals surface area contributed by atoms with Gasteiger partial charge in [-0.15, -0.1) is 0 Å². The summed E-state index contributed by atoms with van der Waals surface area (Å²) in [4.78, 5) is 0. The summed E-state index contributed by atoms with van der Waals surface area (Å²) in [5, 5.41) is 3.65. The molecule has 0 saturated heterocycles. The number of nitrogens with one attached hydrogen (secondary N) is 1. The molecule has 0 aromatic heterocycles. The maximum absolute atomic E-state index is 5.99. The van der Waals surface area contributed by atoms with Crippen molar-refractivity contribution in [1.82, 2.24) is 5.32 Å². The van der Waals surface area contributed by atoms with E-state index in [2.05, 4.69) is 33.0 Å². The Kier molecular flexibility index (Phi) is 6.37. The van der Waals surface area contributed by atoms with Crippen LogP contribution in [0.4, 0.5) is 0 Å². The standard InChI is InChI=1S/C14H29NO/c1-5-8-11(4)13(15-6-2)14(16-7-3)12-9-10-12/h11-15H,5-10H2,1-4H3. The zero-order valence-corrected chi connectivity index (χ0v) is 11.5. The molecule has 0 bridgehead atoms. The number of rotatable bonds is 9. The summed E-state index contributed by atoms with van der Waals surface area (Å²) in [6, 6.07) is 0.553. The van der Waals surface area contributed by atoms with E-state index >= 15 is 0 Å². The van der Waals surface area contributed by atoms with Crippen molar-refractivity contribution in [2.24, 2.45) is 11.8 Å². The Bertz CT molecular complexity index is 180. The quantitative estimate of drug-likeness (QED) is 0.653. The molecule has 1 fully saturated rings. The van der Waals surface area contributed by atoms with E-state index in [0.717, 1.165) is 25.0 Å². The van der Waals surface area contributed by atoms with Gasteiger partial charge in [0.15, 0.2) is 0 Å². The zero-order valence-electron chi connectivity index (χ0n) is 11.5. The molecule has 2 heteroatoms. The topological polar surface area (TPSA) is 21.3 Å². The number of ether oxygens (including phenoxy) is 1. The van der Waals surface area contributed by atoms with Gasteiger partial charge in [-0.25, -0.2) is 0 Å². The molecule has 3 atom stereocenters. The maximum Gasteiger partial charge on any atom is 0.0758 e. The monoisotopic (exact) mass is 227 g/mol. The highest BCUT2D eigenvalue weighted by Gasteiger charge is 2.38. The molecule has 3 unspecified atom stereocenters. The predicted octanol–water partition coefficient (Wildman–Crippen LogP) is 3.22. The average Bonchev–Trinajstić information content (AvgIpc) is 3.07. The van der Waals surface area contributed by atoms with Gasteiger partial charge in [-0.3, -0.25) is 0 Å². The number of hydrogen-bond acceptors (Lipinski definition) is 2. The summed E-state index contributed by atoms with van der Waals surface area (Å²) in [6.45, 7) is 10.8. The lowest BCUT2D eigenvalue weighted by Gasteiger charge is -2.32. The zero-order chi connectivity index (χ0) is 12.0. The van der Waals surface area contributed by atoms with Gasteiger partial charge in [-0.05, 0) is 44.6 Å². The molecule has 1 rings (SSSR count). The van der Waals surface area contributed by atoms with E-state index in [0.29, 0.717) is 12.1 Å². The van der Waals surface area contributed by atoms with Crippen molar-refractivity contribution in [1.29, 1.82) is 0 Å². The molecule has 0 heterocycles. The lowest BCUT2D eigenvalue weighted by atomic mass is 9.90. The first-order valence-corrected chi connectivity index (χ1v) is 7.09. The first-order valence-electron chi connectivity index (χ1n) is 7.09. The molecular weight excluding hydrogens is 198 g/mol. The summed E-state index contributed by atoms with van der Waals surface area (Å²) in [6.07, 6.45) is 5.75. The van der Waals surface area contributed by atoms with E-state index in [4.69, 9.17) is 4.74 Å². The van der Waals surface area contributed by atoms with E-state index in [-0.39, 0.29) is 0 Å². The molecule has 1 aliphatic carbocycles. The first-order chi connectivity index (χ1) is 7.74. The molecule has 1 saturated carbocycles. The Labute approximate surface area is 101 Å². The minimum atomic E-state index is 0.450. The van der Waals surface area contributed by atoms with Gasteiger partial charge in [-0.2, -0.15) is 0 Å². The summed E-state index contributed by atoms with van der Waals surface area (Å²) in [7, 11) is 0. The van der Waals surface area contributed by atoms with Crippen LogP contribution < -0.4 is 5.32 Å². The Balaban J connectivity index is 2.56. The van der Waals surface area contributed by atoms with Gasteiger partial charge in [0.25, 0.3) is 0 Å². The van der Waals surface area contributed by atoms with Crippen molar-refractivity contribution in [2.45, 2.75) is 65.5 Å². The molecule has 2 nitrogen and oxygen atoms in total. The van der Waals surface area contributed by atoms with Crippen LogP contribution in [0.25, 0.3) is 0 Å². The third-order valence-corrected chi connectivity index (χ3v) is 3.60. The largest absolute Gasteiger partial charge is 0.377 e. The van der Waals surface area contributed by atoms with Crippen LogP contribution in [-0.4, -0.2) is 25.3 Å². The number of likely N-dealkylation sites (N-methyl/N-ethyl adjacent to an activating group) is 1. The minimum absolute atomic E-state index is 0.450. The average molecular weight is 227 g/mol. The van der Waals surface area contributed by atoms with Crippen molar-refractivity contribution in [3.8, 4) is 0 Å². The van der Waals surface area contributed by atoms with Crippen LogP contribution in [0, 0.1) is 11.8 Å². The second-order valence-electron chi connectivity index (χ2n) is 5.11. The summed E-state index contributed by atoms with van der Waals surface area (Å²) in [5.41, 5.74) is 0. The van der Waals surface area contributed by atoms with Crippen LogP contribution in [0.3, 0.4) is 0 Å². The Hall–Kier alpha value is -0.0800. The van der Waals surface area contributed by atoms with Crippen LogP contribution in [-0.2, 0) is 4.74 Å². The molecule has 0 aromatic carbocycles. The van der Waals surface area contributed by atoms with Gasteiger partial charge in [0, 0.05) is 12.6 Å². The molecule has 0 aromatic rings. The highest BCUT2D eigenvalue weighted by atomic mass is 16.5. The molecule has 0 amide bonds. The van der Waals surface area contributed by atoms with Gasteiger partial charge in [0.2, 0.25) is 0 Å². The summed E-state index contributed by atoms with van der Waals surface area (Å²) >= 11 is 0. The Morgan fingerprint density at radius 2 is 1.94 bits per heavy atom. The molecular formula is C14H29NO. The van der Waals surface area contributed by atoms with E-state index in [1.165, 1.54) is 25.7 Å². The van der Waals surface area contributed by atoms with Crippen molar-refractivity contribution < 1.29 is 4.74 Å². The maximum atomic E-state index is 5.99. The van der Waals surface area contributed by atoms with E-state index in [9.17, 15) is 0 Å². The lowest BCUT2D eigenvalue weighted by Crippen LogP contribution is -2.47. The summed E-state index contributed by atoms with van der Waals surface area (Å²) < 4.78 is 5.99. The molecule has 0 spiro atoms. The first kappa shape index (κ1) is 14.0. The van der Waals surface area contributed by atoms with Crippen molar-refractivity contribution in [3.63, 3.8) is 0 Å². The van der Waals surface area contributed by atoms with Crippen LogP contribution >= 0.6 is 0 Å². The molecule has 1 aliphatic rings. The fraction of sp³-hybridized carbons (Fsp3) is 1.00. The third kappa shape index (κ3) is 4.06. The lowest BCUT2D eigenvalue weighted by molar-refractivity contribution is 0.00432. The minimum Gasteiger partial charge on any atom is -0.377 e. The molecule has 96 valence electrons. The van der Waals surface area contributed by atoms with E-state index in [1.807, 2.05) is 0 Å². The molecule has 16 heavy (non-hydrogen) atoms. The van der Waals surface area contributed by atoms with Crippen LogP contribution in [0.5, 0.6) is 0 Å². The van der Waals surface area contributed by atoms with Gasteiger partial charge < -0.3 is 10.1 Å². The van der Waals surface area contributed by atoms with E-state index < -0.39 is 0 Å². The molecule has 1 N–H and O–H groups in total. The highest BCUT2D eigenvalue weighted by Crippen LogP contribution is 2.37. The smallest absolute Gasteiger partial charge is 0.0758 e. The number of hydrogen-bond donors (Lipinski definition) is 1. The van der Waals surface area contributed by atoms with Crippen molar-refractivity contribution >= 4 is 0 Å². The van der Waals surface area contributed by atoms with Gasteiger partial charge in [0.05, 0.1) is 6.10 Å². The summed E-state index contributed by atoms with van der Waals surface area (Å²) in [5.74, 6) is 1.55. The Morgan fingerprint density at radius 3 is 2.38 bits per heavy atom. The van der Waals surface area contributed by atoms with Crippen molar-refractivity contribution in [3.05, 3.63) is 0 Å². The molecule has 0 radical (unpaired) electrons. The molecule has 0 aliphatic heterocycles. The SMILES string of the molecule is CCCC(C)C(NCC)C(OCC)C1CC1. The van der Waals surface area contributed by atoms with Crippen LogP contribution in [0.15, 0.2) is 0 Å². The Morgan fingerprint density at radius 1 is 1.25 bits per heavy atom. The normalized spacial score (nSPS) is 21.8. The second-order valence-corrected chi connectivity index (χ2v) is 5.11. The van der Waals surface area contributed by atoms with Gasteiger partial charge >= 0.3 is 0 Å². The van der Waals surface area contributed by atoms with Gasteiger partial charge in [-0.1, -0.05) is 27.2 Å². The second kappa shape index (κ2) is 7.29. The third-order valence-electron chi connectivity index (χ3n) is 3.60. The fourth-order valence-electron chi connectivity index (χ4n) is 2.66. The fourth-order valence-corrected chi connectivity index (χ4v) is 2.66. The van der Waals surface area contributed by atoms with Crippen molar-refractivity contribution in [2.75, 3.05) is 13.2 Å². The van der Waals surface area contributed by atoms with Crippen LogP contribution in [0.1, 0.15) is 53.4 Å². The van der Waals surface area contributed by atoms with Gasteiger partial charge in [0.1, 0.15) is 0 Å². The highest BCUT2D eigenvalue weighted by molar-refractivity contribution is 4.92. The predicted molar refractivity (Wildman–Crippen MR) is 69.7 cm³/mol. The van der Waals surface area contributed by atoms with Crippen LogP contribution in [0.2, 0.25) is 0 Å².